The van der Waals surface area contributed by atoms with E-state index in [0.29, 0.717) is 16.0 Å². The molecule has 0 N–H and O–H groups in total. The molecule has 1 fully saturated rings. The number of benzene rings is 1. The van der Waals surface area contributed by atoms with E-state index in [2.05, 4.69) is 15.6 Å². The number of carbonyl (C=O) groups is 2. The Kier molecular flexibility index (Phi) is 5.25. The SMILES string of the molecule is Cc1cc(/C=C2/SC(=O)N(Cc3ccccc3C#N)C2=O)c(C)n1-c1cccnc1. The van der Waals surface area contributed by atoms with Crippen LogP contribution in [0.4, 0.5) is 4.79 Å². The van der Waals surface area contributed by atoms with Gasteiger partial charge in [-0.1, -0.05) is 18.2 Å². The zero-order valence-corrected chi connectivity index (χ0v) is 17.3. The molecule has 0 bridgehead atoms. The second kappa shape index (κ2) is 8.01. The van der Waals surface area contributed by atoms with Gasteiger partial charge in [0.1, 0.15) is 0 Å². The van der Waals surface area contributed by atoms with Crippen LogP contribution in [0.1, 0.15) is 28.1 Å². The average Bonchev–Trinajstić information content (AvgIpc) is 3.18. The summed E-state index contributed by atoms with van der Waals surface area (Å²) in [4.78, 5) is 31.1. The Hall–Kier alpha value is -3.63. The van der Waals surface area contributed by atoms with E-state index in [4.69, 9.17) is 0 Å². The molecule has 148 valence electrons. The Morgan fingerprint density at radius 2 is 1.97 bits per heavy atom. The normalized spacial score (nSPS) is 15.1. The molecule has 2 amide bonds. The molecule has 0 saturated carbocycles. The van der Waals surface area contributed by atoms with Gasteiger partial charge in [-0.05, 0) is 67.1 Å². The van der Waals surface area contributed by atoms with Gasteiger partial charge in [-0.2, -0.15) is 5.26 Å². The lowest BCUT2D eigenvalue weighted by Gasteiger charge is -2.13. The maximum absolute atomic E-state index is 12.9. The summed E-state index contributed by atoms with van der Waals surface area (Å²) >= 11 is 0.923. The van der Waals surface area contributed by atoms with E-state index >= 15 is 0 Å². The molecule has 30 heavy (non-hydrogen) atoms. The number of hydrogen-bond donors (Lipinski definition) is 0. The summed E-state index contributed by atoms with van der Waals surface area (Å²) in [6, 6.07) is 14.9. The zero-order chi connectivity index (χ0) is 21.3. The number of aryl methyl sites for hydroxylation is 1. The van der Waals surface area contributed by atoms with Crippen molar-refractivity contribution in [3.8, 4) is 11.8 Å². The van der Waals surface area contributed by atoms with Gasteiger partial charge in [0.25, 0.3) is 11.1 Å². The maximum atomic E-state index is 12.9. The van der Waals surface area contributed by atoms with Crippen LogP contribution in [0.3, 0.4) is 0 Å². The van der Waals surface area contributed by atoms with Crippen molar-refractivity contribution in [2.24, 2.45) is 0 Å². The first-order chi connectivity index (χ1) is 14.5. The predicted molar refractivity (Wildman–Crippen MR) is 116 cm³/mol. The summed E-state index contributed by atoms with van der Waals surface area (Å²) in [5.41, 5.74) is 4.89. The lowest BCUT2D eigenvalue weighted by molar-refractivity contribution is -0.123. The van der Waals surface area contributed by atoms with E-state index < -0.39 is 0 Å². The molecule has 1 aromatic carbocycles. The van der Waals surface area contributed by atoms with Crippen molar-refractivity contribution in [2.45, 2.75) is 20.4 Å². The largest absolute Gasteiger partial charge is 0.316 e. The van der Waals surface area contributed by atoms with Crippen molar-refractivity contribution >= 4 is 29.0 Å². The standard InChI is InChI=1S/C23H18N4O2S/c1-15-10-19(16(2)27(15)20-8-5-9-25-13-20)11-21-22(28)26(23(29)30-21)14-18-7-4-3-6-17(18)12-24/h3-11,13H,14H2,1-2H3/b21-11+. The number of aromatic nitrogens is 2. The number of nitrogens with zero attached hydrogens (tertiary/aromatic N) is 4. The first-order valence-corrected chi connectivity index (χ1v) is 10.1. The van der Waals surface area contributed by atoms with Crippen LogP contribution in [0.5, 0.6) is 0 Å². The molecule has 0 aliphatic carbocycles. The third-order valence-corrected chi connectivity index (χ3v) is 5.91. The van der Waals surface area contributed by atoms with E-state index in [1.165, 1.54) is 4.90 Å². The molecule has 0 atom stereocenters. The second-order valence-electron chi connectivity index (χ2n) is 6.91. The molecule has 4 rings (SSSR count). The Morgan fingerprint density at radius 3 is 2.70 bits per heavy atom. The molecule has 1 aliphatic rings. The summed E-state index contributed by atoms with van der Waals surface area (Å²) in [6.45, 7) is 4.04. The number of amides is 2. The van der Waals surface area contributed by atoms with Crippen molar-refractivity contribution in [3.05, 3.63) is 87.8 Å². The molecule has 1 aliphatic heterocycles. The highest BCUT2D eigenvalue weighted by atomic mass is 32.2. The number of hydrogen-bond acceptors (Lipinski definition) is 5. The molecule has 3 heterocycles. The predicted octanol–water partition coefficient (Wildman–Crippen LogP) is 4.60. The summed E-state index contributed by atoms with van der Waals surface area (Å²) in [6.07, 6.45) is 5.26. The summed E-state index contributed by atoms with van der Waals surface area (Å²) < 4.78 is 2.06. The second-order valence-corrected chi connectivity index (χ2v) is 7.90. The molecule has 0 radical (unpaired) electrons. The Balaban J connectivity index is 1.64. The van der Waals surface area contributed by atoms with Crippen LogP contribution < -0.4 is 0 Å². The van der Waals surface area contributed by atoms with Crippen LogP contribution in [-0.4, -0.2) is 25.6 Å². The minimum Gasteiger partial charge on any atom is -0.316 e. The minimum absolute atomic E-state index is 0.0838. The molecule has 2 aromatic heterocycles. The molecular formula is C23H18N4O2S. The van der Waals surface area contributed by atoms with Crippen LogP contribution >= 0.6 is 11.8 Å². The molecule has 3 aromatic rings. The summed E-state index contributed by atoms with van der Waals surface area (Å²) in [7, 11) is 0. The topological polar surface area (TPSA) is 79.0 Å². The lowest BCUT2D eigenvalue weighted by Crippen LogP contribution is -2.27. The molecule has 1 saturated heterocycles. The average molecular weight is 414 g/mol. The zero-order valence-electron chi connectivity index (χ0n) is 16.5. The van der Waals surface area contributed by atoms with Gasteiger partial charge in [0, 0.05) is 17.6 Å². The minimum atomic E-state index is -0.344. The Bertz CT molecular complexity index is 1220. The van der Waals surface area contributed by atoms with Gasteiger partial charge < -0.3 is 4.57 Å². The Morgan fingerprint density at radius 1 is 1.17 bits per heavy atom. The lowest BCUT2D eigenvalue weighted by atomic mass is 10.1. The van der Waals surface area contributed by atoms with Gasteiger partial charge in [-0.25, -0.2) is 0 Å². The number of imide groups is 1. The molecule has 0 spiro atoms. The van der Waals surface area contributed by atoms with Gasteiger partial charge in [-0.15, -0.1) is 0 Å². The number of nitriles is 1. The number of pyridine rings is 1. The van der Waals surface area contributed by atoms with Crippen LogP contribution in [0.2, 0.25) is 0 Å². The van der Waals surface area contributed by atoms with Crippen molar-refractivity contribution in [1.82, 2.24) is 14.5 Å². The van der Waals surface area contributed by atoms with Crippen molar-refractivity contribution in [3.63, 3.8) is 0 Å². The number of rotatable bonds is 4. The fourth-order valence-electron chi connectivity index (χ4n) is 3.53. The smallest absolute Gasteiger partial charge is 0.293 e. The van der Waals surface area contributed by atoms with E-state index in [1.807, 2.05) is 32.0 Å². The van der Waals surface area contributed by atoms with Crippen LogP contribution in [0.25, 0.3) is 11.8 Å². The molecule has 7 heteroatoms. The highest BCUT2D eigenvalue weighted by Crippen LogP contribution is 2.35. The van der Waals surface area contributed by atoms with Crippen LogP contribution in [-0.2, 0) is 11.3 Å². The van der Waals surface area contributed by atoms with Gasteiger partial charge in [0.2, 0.25) is 0 Å². The van der Waals surface area contributed by atoms with Gasteiger partial charge in [-0.3, -0.25) is 19.5 Å². The molecular weight excluding hydrogens is 396 g/mol. The van der Waals surface area contributed by atoms with E-state index in [1.54, 1.807) is 42.7 Å². The summed E-state index contributed by atoms with van der Waals surface area (Å²) in [5, 5.41) is 8.93. The number of carbonyl (C=O) groups excluding carboxylic acids is 2. The monoisotopic (exact) mass is 414 g/mol. The first kappa shape index (κ1) is 19.7. The third kappa shape index (κ3) is 3.53. The van der Waals surface area contributed by atoms with Crippen molar-refractivity contribution in [2.75, 3.05) is 0 Å². The quantitative estimate of drug-likeness (QED) is 0.583. The molecule has 6 nitrogen and oxygen atoms in total. The van der Waals surface area contributed by atoms with Crippen LogP contribution in [0, 0.1) is 25.2 Å². The van der Waals surface area contributed by atoms with Gasteiger partial charge in [0.15, 0.2) is 0 Å². The fourth-order valence-corrected chi connectivity index (χ4v) is 4.36. The highest BCUT2D eigenvalue weighted by Gasteiger charge is 2.35. The van der Waals surface area contributed by atoms with Gasteiger partial charge >= 0.3 is 0 Å². The molecule has 0 unspecified atom stereocenters. The number of thioether (sulfide) groups is 1. The summed E-state index contributed by atoms with van der Waals surface area (Å²) in [5.74, 6) is -0.344. The van der Waals surface area contributed by atoms with Crippen molar-refractivity contribution < 1.29 is 9.59 Å². The fraction of sp³-hybridized carbons (Fsp3) is 0.130. The van der Waals surface area contributed by atoms with Crippen molar-refractivity contribution in [1.29, 1.82) is 5.26 Å². The van der Waals surface area contributed by atoms with Crippen LogP contribution in [0.15, 0.2) is 59.8 Å². The first-order valence-electron chi connectivity index (χ1n) is 9.32. The Labute approximate surface area is 178 Å². The van der Waals surface area contributed by atoms with Gasteiger partial charge in [0.05, 0.1) is 35.0 Å². The van der Waals surface area contributed by atoms with E-state index in [-0.39, 0.29) is 17.7 Å². The maximum Gasteiger partial charge on any atom is 0.293 e. The van der Waals surface area contributed by atoms with E-state index in [9.17, 15) is 14.9 Å². The van der Waals surface area contributed by atoms with E-state index in [0.717, 1.165) is 34.4 Å². The third-order valence-electron chi connectivity index (χ3n) is 5.00. The highest BCUT2D eigenvalue weighted by molar-refractivity contribution is 8.18.